The molecule has 0 fully saturated rings. The molecule has 0 atom stereocenters. The third kappa shape index (κ3) is 3.39. The van der Waals surface area contributed by atoms with Crippen LogP contribution in [-0.4, -0.2) is 17.9 Å². The molecule has 0 spiro atoms. The lowest BCUT2D eigenvalue weighted by Crippen LogP contribution is -2.13. The van der Waals surface area contributed by atoms with Crippen molar-refractivity contribution in [3.05, 3.63) is 63.7 Å². The Morgan fingerprint density at radius 2 is 2.09 bits per heavy atom. The van der Waals surface area contributed by atoms with E-state index >= 15 is 0 Å². The number of carbonyl (C=O) groups is 1. The highest BCUT2D eigenvalue weighted by molar-refractivity contribution is 6.05. The maximum absolute atomic E-state index is 12.2. The second kappa shape index (κ2) is 6.68. The number of ether oxygens (including phenoxy) is 1. The number of methoxy groups -OCH3 is 1. The van der Waals surface area contributed by atoms with Gasteiger partial charge in [0.05, 0.1) is 23.8 Å². The number of anilines is 1. The molecule has 0 radical (unpaired) electrons. The van der Waals surface area contributed by atoms with E-state index in [1.807, 2.05) is 6.07 Å². The van der Waals surface area contributed by atoms with Crippen LogP contribution in [0.3, 0.4) is 0 Å². The minimum Gasteiger partial charge on any atom is -0.494 e. The monoisotopic (exact) mass is 301 g/mol. The fraction of sp³-hybridized carbons (Fsp3) is 0.133. The van der Waals surface area contributed by atoms with E-state index in [0.29, 0.717) is 17.8 Å². The van der Waals surface area contributed by atoms with E-state index in [4.69, 9.17) is 10.5 Å². The summed E-state index contributed by atoms with van der Waals surface area (Å²) in [4.78, 5) is 22.4. The number of carbonyl (C=O) groups excluding carboxylic acids is 1. The predicted octanol–water partition coefficient (Wildman–Crippen LogP) is 2.31. The van der Waals surface area contributed by atoms with Gasteiger partial charge in [-0.25, -0.2) is 0 Å². The number of nitro groups is 1. The van der Waals surface area contributed by atoms with Crippen LogP contribution in [0.4, 0.5) is 11.4 Å². The molecule has 114 valence electrons. The van der Waals surface area contributed by atoms with Crippen molar-refractivity contribution in [1.82, 2.24) is 0 Å². The lowest BCUT2D eigenvalue weighted by Gasteiger charge is -2.10. The third-order valence-corrected chi connectivity index (χ3v) is 3.07. The lowest BCUT2D eigenvalue weighted by molar-refractivity contribution is -0.384. The zero-order valence-electron chi connectivity index (χ0n) is 11.9. The molecule has 0 aromatic heterocycles. The standard InChI is InChI=1S/C15H15N3O4/c1-22-14-8-12(18(20)21)5-6-13(14)17-15(19)11-4-2-3-10(7-11)9-16/h2-8H,9,16H2,1H3,(H,17,19). The molecule has 22 heavy (non-hydrogen) atoms. The molecule has 0 aliphatic heterocycles. The Kier molecular flexibility index (Phi) is 4.70. The van der Waals surface area contributed by atoms with Crippen LogP contribution in [0.2, 0.25) is 0 Å². The van der Waals surface area contributed by atoms with Crippen molar-refractivity contribution in [2.75, 3.05) is 12.4 Å². The van der Waals surface area contributed by atoms with Crippen molar-refractivity contribution < 1.29 is 14.5 Å². The summed E-state index contributed by atoms with van der Waals surface area (Å²) in [7, 11) is 1.38. The molecule has 7 nitrogen and oxygen atoms in total. The largest absolute Gasteiger partial charge is 0.494 e. The highest BCUT2D eigenvalue weighted by Gasteiger charge is 2.14. The molecule has 2 aromatic rings. The summed E-state index contributed by atoms with van der Waals surface area (Å²) >= 11 is 0. The minimum atomic E-state index is -0.529. The minimum absolute atomic E-state index is 0.111. The van der Waals surface area contributed by atoms with Crippen LogP contribution >= 0.6 is 0 Å². The number of hydrogen-bond donors (Lipinski definition) is 2. The molecule has 0 heterocycles. The summed E-state index contributed by atoms with van der Waals surface area (Å²) in [6, 6.07) is 10.9. The van der Waals surface area contributed by atoms with Gasteiger partial charge in [0.2, 0.25) is 0 Å². The van der Waals surface area contributed by atoms with Gasteiger partial charge in [-0.3, -0.25) is 14.9 Å². The lowest BCUT2D eigenvalue weighted by atomic mass is 10.1. The molecular weight excluding hydrogens is 286 g/mol. The molecule has 0 bridgehead atoms. The second-order valence-electron chi connectivity index (χ2n) is 4.50. The number of hydrogen-bond acceptors (Lipinski definition) is 5. The van der Waals surface area contributed by atoms with E-state index in [9.17, 15) is 14.9 Å². The smallest absolute Gasteiger partial charge is 0.273 e. The first-order valence-electron chi connectivity index (χ1n) is 6.48. The van der Waals surface area contributed by atoms with Gasteiger partial charge in [-0.05, 0) is 23.8 Å². The van der Waals surface area contributed by atoms with Crippen LogP contribution in [0.5, 0.6) is 5.75 Å². The van der Waals surface area contributed by atoms with Crippen molar-refractivity contribution >= 4 is 17.3 Å². The van der Waals surface area contributed by atoms with Gasteiger partial charge < -0.3 is 15.8 Å². The number of non-ortho nitro benzene ring substituents is 1. The van der Waals surface area contributed by atoms with Gasteiger partial charge >= 0.3 is 0 Å². The second-order valence-corrected chi connectivity index (χ2v) is 4.50. The van der Waals surface area contributed by atoms with Gasteiger partial charge in [-0.2, -0.15) is 0 Å². The molecule has 7 heteroatoms. The highest BCUT2D eigenvalue weighted by Crippen LogP contribution is 2.29. The zero-order chi connectivity index (χ0) is 16.1. The quantitative estimate of drug-likeness (QED) is 0.651. The molecular formula is C15H15N3O4. The summed E-state index contributed by atoms with van der Waals surface area (Å²) in [6.45, 7) is 0.335. The van der Waals surface area contributed by atoms with E-state index in [0.717, 1.165) is 5.56 Å². The SMILES string of the molecule is COc1cc([N+](=O)[O-])ccc1NC(=O)c1cccc(CN)c1. The van der Waals surface area contributed by atoms with E-state index < -0.39 is 4.92 Å². The third-order valence-electron chi connectivity index (χ3n) is 3.07. The number of nitrogens with one attached hydrogen (secondary N) is 1. The summed E-state index contributed by atoms with van der Waals surface area (Å²) in [5.74, 6) is -0.125. The van der Waals surface area contributed by atoms with Crippen molar-refractivity contribution in [2.45, 2.75) is 6.54 Å². The molecule has 2 rings (SSSR count). The maximum Gasteiger partial charge on any atom is 0.273 e. The van der Waals surface area contributed by atoms with Crippen molar-refractivity contribution in [1.29, 1.82) is 0 Å². The van der Waals surface area contributed by atoms with E-state index in [2.05, 4.69) is 5.32 Å². The summed E-state index contributed by atoms with van der Waals surface area (Å²) in [6.07, 6.45) is 0. The molecule has 0 unspecified atom stereocenters. The Hall–Kier alpha value is -2.93. The van der Waals surface area contributed by atoms with Crippen LogP contribution in [0.25, 0.3) is 0 Å². The Balaban J connectivity index is 2.25. The van der Waals surface area contributed by atoms with Crippen molar-refractivity contribution in [3.63, 3.8) is 0 Å². The van der Waals surface area contributed by atoms with Gasteiger partial charge in [0.1, 0.15) is 5.75 Å². The summed E-state index contributed by atoms with van der Waals surface area (Å²) < 4.78 is 5.08. The van der Waals surface area contributed by atoms with Crippen molar-refractivity contribution in [3.8, 4) is 5.75 Å². The zero-order valence-corrected chi connectivity index (χ0v) is 11.9. The summed E-state index contributed by atoms with van der Waals surface area (Å²) in [5.41, 5.74) is 7.08. The van der Waals surface area contributed by atoms with Gasteiger partial charge in [0, 0.05) is 18.2 Å². The topological polar surface area (TPSA) is 107 Å². The highest BCUT2D eigenvalue weighted by atomic mass is 16.6. The van der Waals surface area contributed by atoms with Gasteiger partial charge in [0.15, 0.2) is 0 Å². The van der Waals surface area contributed by atoms with E-state index in [1.54, 1.807) is 18.2 Å². The average Bonchev–Trinajstić information content (AvgIpc) is 2.54. The predicted molar refractivity (Wildman–Crippen MR) is 81.9 cm³/mol. The molecule has 0 saturated carbocycles. The Bertz CT molecular complexity index is 716. The van der Waals surface area contributed by atoms with Crippen LogP contribution in [0.15, 0.2) is 42.5 Å². The molecule has 2 aromatic carbocycles. The van der Waals surface area contributed by atoms with E-state index in [1.165, 1.54) is 25.3 Å². The number of nitrogens with zero attached hydrogens (tertiary/aromatic N) is 1. The molecule has 1 amide bonds. The molecule has 0 aliphatic rings. The molecule has 0 aliphatic carbocycles. The van der Waals surface area contributed by atoms with Crippen LogP contribution < -0.4 is 15.8 Å². The van der Waals surface area contributed by atoms with Crippen LogP contribution in [0.1, 0.15) is 15.9 Å². The number of rotatable bonds is 5. The first kappa shape index (κ1) is 15.5. The fourth-order valence-corrected chi connectivity index (χ4v) is 1.93. The normalized spacial score (nSPS) is 10.1. The molecule has 3 N–H and O–H groups in total. The van der Waals surface area contributed by atoms with Gasteiger partial charge in [-0.1, -0.05) is 12.1 Å². The average molecular weight is 301 g/mol. The summed E-state index contributed by atoms with van der Waals surface area (Å²) in [5, 5.41) is 13.4. The van der Waals surface area contributed by atoms with E-state index in [-0.39, 0.29) is 17.3 Å². The Morgan fingerprint density at radius 3 is 2.73 bits per heavy atom. The van der Waals surface area contributed by atoms with Crippen LogP contribution in [0, 0.1) is 10.1 Å². The Labute approximate surface area is 126 Å². The number of benzene rings is 2. The number of nitrogens with two attached hydrogens (primary N) is 1. The number of nitro benzene ring substituents is 1. The fourth-order valence-electron chi connectivity index (χ4n) is 1.93. The number of amides is 1. The van der Waals surface area contributed by atoms with Crippen LogP contribution in [-0.2, 0) is 6.54 Å². The maximum atomic E-state index is 12.2. The first-order chi connectivity index (χ1) is 10.5. The first-order valence-corrected chi connectivity index (χ1v) is 6.48. The Morgan fingerprint density at radius 1 is 1.32 bits per heavy atom. The van der Waals surface area contributed by atoms with Gasteiger partial charge in [-0.15, -0.1) is 0 Å². The molecule has 0 saturated heterocycles. The van der Waals surface area contributed by atoms with Gasteiger partial charge in [0.25, 0.3) is 11.6 Å². The van der Waals surface area contributed by atoms with Crippen molar-refractivity contribution in [2.24, 2.45) is 5.73 Å².